The summed E-state index contributed by atoms with van der Waals surface area (Å²) in [5, 5.41) is 0. The Labute approximate surface area is 72.4 Å². The molecule has 0 amide bonds. The summed E-state index contributed by atoms with van der Waals surface area (Å²) in [7, 11) is 0. The maximum absolute atomic E-state index is 10.8. The van der Waals surface area contributed by atoms with Crippen LogP contribution in [0.1, 0.15) is 20.3 Å². The van der Waals surface area contributed by atoms with Gasteiger partial charge in [0.15, 0.2) is 0 Å². The molecule has 1 heterocycles. The van der Waals surface area contributed by atoms with Gasteiger partial charge in [-0.1, -0.05) is 13.8 Å². The topological polar surface area (TPSA) is 35.5 Å². The van der Waals surface area contributed by atoms with E-state index in [0.29, 0.717) is 13.2 Å². The monoisotopic (exact) mass is 170 g/mol. The second kappa shape index (κ2) is 3.61. The second-order valence-corrected chi connectivity index (χ2v) is 3.70. The van der Waals surface area contributed by atoms with Crippen LogP contribution in [0.15, 0.2) is 12.3 Å². The van der Waals surface area contributed by atoms with Crippen molar-refractivity contribution < 1.29 is 14.3 Å². The molecule has 0 bridgehead atoms. The molecule has 0 unspecified atom stereocenters. The summed E-state index contributed by atoms with van der Waals surface area (Å²) in [5.74, 6) is -0.326. The number of carbonyl (C=O) groups is 1. The number of hydrogen-bond donors (Lipinski definition) is 0. The molecule has 1 aliphatic heterocycles. The highest BCUT2D eigenvalue weighted by Crippen LogP contribution is 2.21. The van der Waals surface area contributed by atoms with Gasteiger partial charge in [-0.25, -0.2) is 4.79 Å². The van der Waals surface area contributed by atoms with Gasteiger partial charge >= 0.3 is 5.97 Å². The van der Waals surface area contributed by atoms with E-state index in [1.165, 1.54) is 12.3 Å². The first-order valence-corrected chi connectivity index (χ1v) is 4.05. The van der Waals surface area contributed by atoms with Crippen molar-refractivity contribution in [2.24, 2.45) is 5.41 Å². The number of esters is 1. The summed E-state index contributed by atoms with van der Waals surface area (Å²) in [6, 6.07) is 0. The summed E-state index contributed by atoms with van der Waals surface area (Å²) < 4.78 is 10.1. The maximum Gasteiger partial charge on any atom is 0.333 e. The number of cyclic esters (lactones) is 1. The molecule has 12 heavy (non-hydrogen) atoms. The largest absolute Gasteiger partial charge is 0.500 e. The van der Waals surface area contributed by atoms with E-state index in [1.807, 2.05) is 0 Å². The molecular formula is C9H14O3. The first-order valence-electron chi connectivity index (χ1n) is 4.05. The molecule has 3 nitrogen and oxygen atoms in total. The molecule has 1 rings (SSSR count). The fourth-order valence-electron chi connectivity index (χ4n) is 0.926. The van der Waals surface area contributed by atoms with Gasteiger partial charge in [0, 0.05) is 5.41 Å². The number of carbonyl (C=O) groups excluding carboxylic acids is 1. The summed E-state index contributed by atoms with van der Waals surface area (Å²) in [4.78, 5) is 10.8. The van der Waals surface area contributed by atoms with Gasteiger partial charge in [0.1, 0.15) is 0 Å². The molecule has 0 aromatic carbocycles. The number of rotatable bonds is 0. The molecule has 0 radical (unpaired) electrons. The van der Waals surface area contributed by atoms with E-state index in [0.717, 1.165) is 6.42 Å². The van der Waals surface area contributed by atoms with E-state index in [9.17, 15) is 4.79 Å². The molecule has 0 N–H and O–H groups in total. The average molecular weight is 170 g/mol. The molecular weight excluding hydrogens is 156 g/mol. The summed E-state index contributed by atoms with van der Waals surface area (Å²) >= 11 is 0. The smallest absolute Gasteiger partial charge is 0.333 e. The van der Waals surface area contributed by atoms with Crippen molar-refractivity contribution in [2.75, 3.05) is 13.2 Å². The zero-order valence-electron chi connectivity index (χ0n) is 7.50. The molecule has 0 aromatic rings. The van der Waals surface area contributed by atoms with Gasteiger partial charge in [0.2, 0.25) is 0 Å². The summed E-state index contributed by atoms with van der Waals surface area (Å²) in [6.45, 7) is 5.26. The first kappa shape index (κ1) is 9.10. The van der Waals surface area contributed by atoms with Crippen molar-refractivity contribution in [3.8, 4) is 0 Å². The fraction of sp³-hybridized carbons (Fsp3) is 0.667. The molecule has 0 atom stereocenters. The third-order valence-electron chi connectivity index (χ3n) is 1.80. The Bertz CT molecular complexity index is 194. The van der Waals surface area contributed by atoms with Gasteiger partial charge in [0.25, 0.3) is 0 Å². The van der Waals surface area contributed by atoms with E-state index < -0.39 is 0 Å². The molecule has 0 saturated heterocycles. The molecule has 1 aliphatic rings. The lowest BCUT2D eigenvalue weighted by Crippen LogP contribution is -2.20. The van der Waals surface area contributed by atoms with Crippen LogP contribution >= 0.6 is 0 Å². The van der Waals surface area contributed by atoms with Crippen molar-refractivity contribution in [1.29, 1.82) is 0 Å². The zero-order chi connectivity index (χ0) is 9.03. The van der Waals surface area contributed by atoms with E-state index in [2.05, 4.69) is 13.8 Å². The van der Waals surface area contributed by atoms with E-state index in [-0.39, 0.29) is 11.4 Å². The first-order chi connectivity index (χ1) is 5.60. The lowest BCUT2D eigenvalue weighted by Gasteiger charge is -2.22. The van der Waals surface area contributed by atoms with Crippen LogP contribution in [0.2, 0.25) is 0 Å². The third kappa shape index (κ3) is 2.95. The van der Waals surface area contributed by atoms with Gasteiger partial charge in [-0.05, 0) is 6.42 Å². The van der Waals surface area contributed by atoms with Crippen LogP contribution in [0.5, 0.6) is 0 Å². The van der Waals surface area contributed by atoms with Gasteiger partial charge in [-0.15, -0.1) is 0 Å². The van der Waals surface area contributed by atoms with Crippen LogP contribution in [0, 0.1) is 5.41 Å². The van der Waals surface area contributed by atoms with Crippen LogP contribution < -0.4 is 0 Å². The predicted octanol–water partition coefficient (Wildman–Crippen LogP) is 1.49. The van der Waals surface area contributed by atoms with E-state index >= 15 is 0 Å². The zero-order valence-corrected chi connectivity index (χ0v) is 7.50. The molecule has 0 saturated carbocycles. The molecule has 68 valence electrons. The molecule has 0 aliphatic carbocycles. The summed E-state index contributed by atoms with van der Waals surface area (Å²) in [5.41, 5.74) is 0.0783. The maximum atomic E-state index is 10.8. The lowest BCUT2D eigenvalue weighted by atomic mass is 9.91. The highest BCUT2D eigenvalue weighted by atomic mass is 16.5. The molecule has 0 aromatic heterocycles. The van der Waals surface area contributed by atoms with E-state index in [4.69, 9.17) is 9.47 Å². The Balaban J connectivity index is 2.53. The van der Waals surface area contributed by atoms with Crippen LogP contribution in [0.4, 0.5) is 0 Å². The molecule has 3 heteroatoms. The van der Waals surface area contributed by atoms with Crippen LogP contribution in [0.25, 0.3) is 0 Å². The highest BCUT2D eigenvalue weighted by molar-refractivity contribution is 5.81. The van der Waals surface area contributed by atoms with Crippen molar-refractivity contribution in [1.82, 2.24) is 0 Å². The highest BCUT2D eigenvalue weighted by Gasteiger charge is 2.19. The van der Waals surface area contributed by atoms with Crippen LogP contribution in [-0.4, -0.2) is 19.2 Å². The van der Waals surface area contributed by atoms with Gasteiger partial charge < -0.3 is 9.47 Å². The van der Waals surface area contributed by atoms with Crippen molar-refractivity contribution in [3.63, 3.8) is 0 Å². The number of ether oxygens (including phenoxy) is 2. The van der Waals surface area contributed by atoms with Gasteiger partial charge in [-0.3, -0.25) is 0 Å². The quantitative estimate of drug-likeness (QED) is 0.517. The normalized spacial score (nSPS) is 23.0. The van der Waals surface area contributed by atoms with Gasteiger partial charge in [-0.2, -0.15) is 0 Å². The minimum absolute atomic E-state index is 0.0783. The average Bonchev–Trinajstić information content (AvgIpc) is 2.02. The third-order valence-corrected chi connectivity index (χ3v) is 1.80. The van der Waals surface area contributed by atoms with E-state index in [1.54, 1.807) is 0 Å². The van der Waals surface area contributed by atoms with Crippen molar-refractivity contribution >= 4 is 5.97 Å². The van der Waals surface area contributed by atoms with Crippen molar-refractivity contribution in [2.45, 2.75) is 20.3 Å². The predicted molar refractivity (Wildman–Crippen MR) is 44.4 cm³/mol. The van der Waals surface area contributed by atoms with Crippen LogP contribution in [-0.2, 0) is 14.3 Å². The SMILES string of the molecule is CC1(C)CCOC(=O)C=COC1. The lowest BCUT2D eigenvalue weighted by molar-refractivity contribution is -0.138. The van der Waals surface area contributed by atoms with Crippen molar-refractivity contribution in [3.05, 3.63) is 12.3 Å². The fourth-order valence-corrected chi connectivity index (χ4v) is 0.926. The summed E-state index contributed by atoms with van der Waals surface area (Å²) in [6.07, 6.45) is 3.54. The minimum Gasteiger partial charge on any atom is -0.500 e. The Kier molecular flexibility index (Phi) is 2.74. The Morgan fingerprint density at radius 1 is 1.50 bits per heavy atom. The van der Waals surface area contributed by atoms with Gasteiger partial charge in [0.05, 0.1) is 25.6 Å². The standard InChI is InChI=1S/C9H14O3/c1-9(2)4-6-12-8(10)3-5-11-7-9/h3,5H,4,6-7H2,1-2H3. The Hall–Kier alpha value is -0.990. The Morgan fingerprint density at radius 3 is 3.00 bits per heavy atom. The van der Waals surface area contributed by atoms with Crippen LogP contribution in [0.3, 0.4) is 0 Å². The minimum atomic E-state index is -0.326. The molecule has 0 fully saturated rings. The Morgan fingerprint density at radius 2 is 2.25 bits per heavy atom. The molecule has 0 spiro atoms. The second-order valence-electron chi connectivity index (χ2n) is 3.70. The number of hydrogen-bond acceptors (Lipinski definition) is 3.